The van der Waals surface area contributed by atoms with Crippen molar-refractivity contribution in [3.63, 3.8) is 0 Å². The molecule has 0 saturated heterocycles. The number of hydrogen-bond acceptors (Lipinski definition) is 1. The van der Waals surface area contributed by atoms with Crippen LogP contribution >= 0.6 is 0 Å². The molecular weight excluding hydrogens is 172 g/mol. The highest BCUT2D eigenvalue weighted by molar-refractivity contribution is 5.16. The van der Waals surface area contributed by atoms with Crippen molar-refractivity contribution in [2.75, 3.05) is 0 Å². The highest BCUT2D eigenvalue weighted by Crippen LogP contribution is 2.31. The lowest BCUT2D eigenvalue weighted by atomic mass is 9.92. The Hall–Kier alpha value is -0.790. The van der Waals surface area contributed by atoms with Gasteiger partial charge in [0.2, 0.25) is 0 Å². The van der Waals surface area contributed by atoms with Crippen LogP contribution in [0.2, 0.25) is 0 Å². The first-order valence-electron chi connectivity index (χ1n) is 5.52. The molecule has 1 heterocycles. The summed E-state index contributed by atoms with van der Waals surface area (Å²) < 4.78 is 2.18. The first-order chi connectivity index (χ1) is 6.47. The van der Waals surface area contributed by atoms with Crippen LogP contribution in [0, 0.1) is 12.8 Å². The maximum Gasteiger partial charge on any atom is 0.0680 e. The SMILES string of the molecule is Cc1cc(C(C)(C)C)nn1CC1CC1. The fourth-order valence-corrected chi connectivity index (χ4v) is 1.61. The van der Waals surface area contributed by atoms with Crippen molar-refractivity contribution in [1.29, 1.82) is 0 Å². The van der Waals surface area contributed by atoms with E-state index in [1.54, 1.807) is 0 Å². The summed E-state index contributed by atoms with van der Waals surface area (Å²) in [4.78, 5) is 0. The van der Waals surface area contributed by atoms with E-state index in [1.165, 1.54) is 24.2 Å². The maximum atomic E-state index is 4.68. The second kappa shape index (κ2) is 3.11. The van der Waals surface area contributed by atoms with Crippen LogP contribution in [0.15, 0.2) is 6.07 Å². The molecule has 2 rings (SSSR count). The Morgan fingerprint density at radius 1 is 1.43 bits per heavy atom. The summed E-state index contributed by atoms with van der Waals surface area (Å²) in [5, 5.41) is 4.68. The van der Waals surface area contributed by atoms with E-state index in [-0.39, 0.29) is 5.41 Å². The van der Waals surface area contributed by atoms with Gasteiger partial charge in [0.25, 0.3) is 0 Å². The van der Waals surface area contributed by atoms with Gasteiger partial charge in [-0.2, -0.15) is 5.10 Å². The van der Waals surface area contributed by atoms with E-state index in [0.717, 1.165) is 12.5 Å². The standard InChI is InChI=1S/C12H20N2/c1-9-7-11(12(2,3)4)13-14(9)8-10-5-6-10/h7,10H,5-6,8H2,1-4H3. The third-order valence-corrected chi connectivity index (χ3v) is 2.88. The van der Waals surface area contributed by atoms with Crippen LogP contribution in [0.5, 0.6) is 0 Å². The number of nitrogens with zero attached hydrogens (tertiary/aromatic N) is 2. The molecule has 0 radical (unpaired) electrons. The zero-order valence-corrected chi connectivity index (χ0v) is 9.67. The third-order valence-electron chi connectivity index (χ3n) is 2.88. The predicted molar refractivity (Wildman–Crippen MR) is 58.4 cm³/mol. The van der Waals surface area contributed by atoms with E-state index in [1.807, 2.05) is 0 Å². The highest BCUT2D eigenvalue weighted by atomic mass is 15.3. The molecule has 0 aromatic carbocycles. The Balaban J connectivity index is 2.19. The summed E-state index contributed by atoms with van der Waals surface area (Å²) in [6, 6.07) is 2.22. The minimum absolute atomic E-state index is 0.180. The second-order valence-corrected chi connectivity index (χ2v) is 5.55. The Morgan fingerprint density at radius 3 is 2.50 bits per heavy atom. The van der Waals surface area contributed by atoms with E-state index in [2.05, 4.69) is 43.5 Å². The lowest BCUT2D eigenvalue weighted by molar-refractivity contribution is 0.508. The van der Waals surface area contributed by atoms with E-state index < -0.39 is 0 Å². The van der Waals surface area contributed by atoms with Crippen LogP contribution in [0.1, 0.15) is 45.0 Å². The first kappa shape index (κ1) is 9.75. The molecule has 1 aliphatic rings. The molecule has 78 valence electrons. The average Bonchev–Trinajstić information content (AvgIpc) is 2.76. The normalized spacial score (nSPS) is 17.4. The van der Waals surface area contributed by atoms with Gasteiger partial charge in [-0.25, -0.2) is 0 Å². The van der Waals surface area contributed by atoms with Crippen molar-refractivity contribution < 1.29 is 0 Å². The molecule has 0 spiro atoms. The predicted octanol–water partition coefficient (Wildman–Crippen LogP) is 2.90. The molecule has 1 aromatic heterocycles. The van der Waals surface area contributed by atoms with Crippen LogP contribution in [0.4, 0.5) is 0 Å². The zero-order valence-electron chi connectivity index (χ0n) is 9.67. The van der Waals surface area contributed by atoms with Gasteiger partial charge in [0.05, 0.1) is 5.69 Å². The maximum absolute atomic E-state index is 4.68. The minimum Gasteiger partial charge on any atom is -0.269 e. The molecule has 2 heteroatoms. The quantitative estimate of drug-likeness (QED) is 0.704. The Bertz CT molecular complexity index is 327. The van der Waals surface area contributed by atoms with Gasteiger partial charge in [-0.15, -0.1) is 0 Å². The molecule has 0 amide bonds. The van der Waals surface area contributed by atoms with Crippen molar-refractivity contribution in [3.05, 3.63) is 17.5 Å². The zero-order chi connectivity index (χ0) is 10.3. The molecular formula is C12H20N2. The summed E-state index contributed by atoms with van der Waals surface area (Å²) in [7, 11) is 0. The fraction of sp³-hybridized carbons (Fsp3) is 0.750. The van der Waals surface area contributed by atoms with Crippen molar-refractivity contribution in [2.24, 2.45) is 5.92 Å². The van der Waals surface area contributed by atoms with Gasteiger partial charge in [0.1, 0.15) is 0 Å². The van der Waals surface area contributed by atoms with Gasteiger partial charge in [-0.05, 0) is 31.7 Å². The summed E-state index contributed by atoms with van der Waals surface area (Å²) in [5.74, 6) is 0.904. The Morgan fingerprint density at radius 2 is 2.07 bits per heavy atom. The van der Waals surface area contributed by atoms with Gasteiger partial charge in [-0.3, -0.25) is 4.68 Å². The molecule has 14 heavy (non-hydrogen) atoms. The van der Waals surface area contributed by atoms with E-state index in [9.17, 15) is 0 Å². The Kier molecular flexibility index (Phi) is 2.17. The van der Waals surface area contributed by atoms with Crippen molar-refractivity contribution in [2.45, 2.75) is 52.5 Å². The minimum atomic E-state index is 0.180. The van der Waals surface area contributed by atoms with E-state index >= 15 is 0 Å². The molecule has 0 N–H and O–H groups in total. The molecule has 0 aliphatic heterocycles. The van der Waals surface area contributed by atoms with Crippen molar-refractivity contribution in [1.82, 2.24) is 9.78 Å². The lowest BCUT2D eigenvalue weighted by Crippen LogP contribution is -2.13. The van der Waals surface area contributed by atoms with Gasteiger partial charge in [-0.1, -0.05) is 20.8 Å². The number of hydrogen-bond donors (Lipinski definition) is 0. The van der Waals surface area contributed by atoms with Gasteiger partial charge in [0.15, 0.2) is 0 Å². The Labute approximate surface area is 86.3 Å². The first-order valence-corrected chi connectivity index (χ1v) is 5.52. The summed E-state index contributed by atoms with van der Waals surface area (Å²) in [6.45, 7) is 9.94. The molecule has 1 fully saturated rings. The average molecular weight is 192 g/mol. The lowest BCUT2D eigenvalue weighted by Gasteiger charge is -2.14. The van der Waals surface area contributed by atoms with Gasteiger partial charge < -0.3 is 0 Å². The summed E-state index contributed by atoms with van der Waals surface area (Å²) in [5.41, 5.74) is 2.71. The van der Waals surface area contributed by atoms with E-state index in [4.69, 9.17) is 0 Å². The van der Waals surface area contributed by atoms with Gasteiger partial charge in [0, 0.05) is 17.7 Å². The van der Waals surface area contributed by atoms with Crippen LogP contribution in [0.3, 0.4) is 0 Å². The number of rotatable bonds is 2. The monoisotopic (exact) mass is 192 g/mol. The van der Waals surface area contributed by atoms with Crippen molar-refractivity contribution in [3.8, 4) is 0 Å². The van der Waals surface area contributed by atoms with E-state index in [0.29, 0.717) is 0 Å². The van der Waals surface area contributed by atoms with Crippen LogP contribution in [0.25, 0.3) is 0 Å². The molecule has 2 nitrogen and oxygen atoms in total. The van der Waals surface area contributed by atoms with Gasteiger partial charge >= 0.3 is 0 Å². The smallest absolute Gasteiger partial charge is 0.0680 e. The largest absolute Gasteiger partial charge is 0.269 e. The van der Waals surface area contributed by atoms with Crippen LogP contribution < -0.4 is 0 Å². The molecule has 0 bridgehead atoms. The third kappa shape index (κ3) is 1.99. The summed E-state index contributed by atoms with van der Waals surface area (Å²) in [6.07, 6.45) is 2.79. The number of aromatic nitrogens is 2. The van der Waals surface area contributed by atoms with Crippen LogP contribution in [-0.2, 0) is 12.0 Å². The molecule has 0 atom stereocenters. The molecule has 0 unspecified atom stereocenters. The van der Waals surface area contributed by atoms with Crippen LogP contribution in [-0.4, -0.2) is 9.78 Å². The highest BCUT2D eigenvalue weighted by Gasteiger charge is 2.24. The van der Waals surface area contributed by atoms with Crippen molar-refractivity contribution >= 4 is 0 Å². The summed E-state index contributed by atoms with van der Waals surface area (Å²) >= 11 is 0. The fourth-order valence-electron chi connectivity index (χ4n) is 1.61. The molecule has 1 aliphatic carbocycles. The molecule has 1 aromatic rings. The second-order valence-electron chi connectivity index (χ2n) is 5.55. The molecule has 1 saturated carbocycles. The topological polar surface area (TPSA) is 17.8 Å². The number of aryl methyl sites for hydroxylation is 1.